The van der Waals surface area contributed by atoms with Crippen LogP contribution < -0.4 is 11.1 Å². The predicted octanol–water partition coefficient (Wildman–Crippen LogP) is 0.674. The fourth-order valence-corrected chi connectivity index (χ4v) is 3.13. The van der Waals surface area contributed by atoms with Gasteiger partial charge in [0.25, 0.3) is 0 Å². The van der Waals surface area contributed by atoms with E-state index in [1.165, 1.54) is 0 Å². The van der Waals surface area contributed by atoms with E-state index in [1.54, 1.807) is 0 Å². The summed E-state index contributed by atoms with van der Waals surface area (Å²) in [6.45, 7) is 0. The van der Waals surface area contributed by atoms with E-state index < -0.39 is 5.41 Å². The van der Waals surface area contributed by atoms with E-state index in [1.807, 2.05) is 11.8 Å². The van der Waals surface area contributed by atoms with E-state index in [0.29, 0.717) is 11.0 Å². The first kappa shape index (κ1) is 10.2. The van der Waals surface area contributed by atoms with Crippen molar-refractivity contribution in [3.63, 3.8) is 0 Å². The van der Waals surface area contributed by atoms with Crippen LogP contribution in [0.4, 0.5) is 0 Å². The highest BCUT2D eigenvalue weighted by Gasteiger charge is 2.53. The highest BCUT2D eigenvalue weighted by Crippen LogP contribution is 2.46. The van der Waals surface area contributed by atoms with Gasteiger partial charge < -0.3 is 11.1 Å². The normalized spacial score (nSPS) is 28.4. The zero-order valence-corrected chi connectivity index (χ0v) is 9.55. The molecule has 1 saturated heterocycles. The molecule has 3 nitrogen and oxygen atoms in total. The van der Waals surface area contributed by atoms with E-state index in [2.05, 4.69) is 5.32 Å². The summed E-state index contributed by atoms with van der Waals surface area (Å²) in [5.74, 6) is 2.22. The topological polar surface area (TPSA) is 55.1 Å². The molecule has 2 rings (SSSR count). The molecule has 0 spiro atoms. The van der Waals surface area contributed by atoms with Crippen LogP contribution in [-0.2, 0) is 4.79 Å². The molecule has 0 aromatic carbocycles. The lowest BCUT2D eigenvalue weighted by molar-refractivity contribution is -0.124. The van der Waals surface area contributed by atoms with Gasteiger partial charge in [0.1, 0.15) is 0 Å². The van der Waals surface area contributed by atoms with Gasteiger partial charge in [-0.3, -0.25) is 4.79 Å². The van der Waals surface area contributed by atoms with Crippen molar-refractivity contribution in [3.8, 4) is 0 Å². The maximum atomic E-state index is 11.8. The van der Waals surface area contributed by atoms with Gasteiger partial charge in [-0.1, -0.05) is 12.2 Å². The molecule has 0 aromatic heterocycles. The zero-order valence-electron chi connectivity index (χ0n) is 7.91. The summed E-state index contributed by atoms with van der Waals surface area (Å²) >= 11 is 6.81. The number of hydrogen-bond acceptors (Lipinski definition) is 3. The fourth-order valence-electron chi connectivity index (χ4n) is 1.68. The lowest BCUT2D eigenvalue weighted by Crippen LogP contribution is -2.44. The van der Waals surface area contributed by atoms with Crippen LogP contribution in [0, 0.1) is 5.41 Å². The summed E-state index contributed by atoms with van der Waals surface area (Å²) in [4.78, 5) is 12.2. The molecule has 78 valence electrons. The van der Waals surface area contributed by atoms with Crippen molar-refractivity contribution in [3.05, 3.63) is 0 Å². The Morgan fingerprint density at radius 2 is 2.29 bits per heavy atom. The van der Waals surface area contributed by atoms with Gasteiger partial charge in [0.15, 0.2) is 0 Å². The minimum absolute atomic E-state index is 0.0532. The minimum Gasteiger partial charge on any atom is -0.392 e. The van der Waals surface area contributed by atoms with Gasteiger partial charge in [0, 0.05) is 11.8 Å². The first-order valence-electron chi connectivity index (χ1n) is 4.84. The molecule has 2 aliphatic rings. The van der Waals surface area contributed by atoms with Crippen molar-refractivity contribution < 1.29 is 4.79 Å². The number of carbonyl (C=O) groups excluding carboxylic acids is 1. The van der Waals surface area contributed by atoms with Gasteiger partial charge in [0.2, 0.25) is 5.91 Å². The van der Waals surface area contributed by atoms with Crippen LogP contribution in [-0.4, -0.2) is 28.4 Å². The van der Waals surface area contributed by atoms with Crippen molar-refractivity contribution >= 4 is 34.9 Å². The number of amides is 1. The molecule has 0 aromatic rings. The third-order valence-corrected chi connectivity index (χ3v) is 4.47. The lowest BCUT2D eigenvalue weighted by Gasteiger charge is -2.17. The molecule has 0 bridgehead atoms. The van der Waals surface area contributed by atoms with E-state index in [9.17, 15) is 4.79 Å². The van der Waals surface area contributed by atoms with E-state index in [-0.39, 0.29) is 5.91 Å². The summed E-state index contributed by atoms with van der Waals surface area (Å²) in [5, 5.41) is 3.04. The Labute approximate surface area is 93.2 Å². The first-order valence-corrected chi connectivity index (χ1v) is 6.40. The molecule has 1 unspecified atom stereocenters. The zero-order chi connectivity index (χ0) is 10.2. The maximum Gasteiger partial charge on any atom is 0.233 e. The molecule has 1 amide bonds. The second-order valence-electron chi connectivity index (χ2n) is 3.98. The Balaban J connectivity index is 1.92. The largest absolute Gasteiger partial charge is 0.392 e. The summed E-state index contributed by atoms with van der Waals surface area (Å²) in [7, 11) is 0. The molecule has 1 atom stereocenters. The highest BCUT2D eigenvalue weighted by atomic mass is 32.2. The van der Waals surface area contributed by atoms with Crippen LogP contribution in [0.2, 0.25) is 0 Å². The van der Waals surface area contributed by atoms with Gasteiger partial charge in [-0.2, -0.15) is 11.8 Å². The van der Waals surface area contributed by atoms with Crippen molar-refractivity contribution in [2.24, 2.45) is 11.1 Å². The maximum absolute atomic E-state index is 11.8. The van der Waals surface area contributed by atoms with Crippen LogP contribution in [0.15, 0.2) is 0 Å². The number of thiocarbonyl (C=S) groups is 1. The quantitative estimate of drug-likeness (QED) is 0.700. The number of hydrogen-bond donors (Lipinski definition) is 2. The second-order valence-corrected chi connectivity index (χ2v) is 5.57. The molecule has 5 heteroatoms. The average Bonchev–Trinajstić information content (AvgIpc) is 2.81. The Morgan fingerprint density at radius 1 is 1.57 bits per heavy atom. The predicted molar refractivity (Wildman–Crippen MR) is 62.3 cm³/mol. The monoisotopic (exact) mass is 230 g/mol. The van der Waals surface area contributed by atoms with Crippen molar-refractivity contribution in [2.75, 3.05) is 11.5 Å². The Kier molecular flexibility index (Phi) is 2.70. The molecule has 1 saturated carbocycles. The highest BCUT2D eigenvalue weighted by molar-refractivity contribution is 7.99. The van der Waals surface area contributed by atoms with Crippen molar-refractivity contribution in [1.82, 2.24) is 5.32 Å². The molecule has 0 radical (unpaired) electrons. The number of carbonyl (C=O) groups is 1. The van der Waals surface area contributed by atoms with Crippen molar-refractivity contribution in [2.45, 2.75) is 25.3 Å². The van der Waals surface area contributed by atoms with Gasteiger partial charge in [-0.25, -0.2) is 0 Å². The third-order valence-electron chi connectivity index (χ3n) is 2.92. The van der Waals surface area contributed by atoms with E-state index >= 15 is 0 Å². The molecule has 1 heterocycles. The van der Waals surface area contributed by atoms with Crippen LogP contribution in [0.25, 0.3) is 0 Å². The molecule has 3 N–H and O–H groups in total. The molecule has 14 heavy (non-hydrogen) atoms. The van der Waals surface area contributed by atoms with Crippen molar-refractivity contribution in [1.29, 1.82) is 0 Å². The summed E-state index contributed by atoms with van der Waals surface area (Å²) in [6, 6.07) is 0.333. The molecule has 1 aliphatic carbocycles. The fraction of sp³-hybridized carbons (Fsp3) is 0.778. The van der Waals surface area contributed by atoms with Crippen LogP contribution in [0.5, 0.6) is 0 Å². The van der Waals surface area contributed by atoms with Gasteiger partial charge in [-0.05, 0) is 25.0 Å². The van der Waals surface area contributed by atoms with Gasteiger partial charge >= 0.3 is 0 Å². The summed E-state index contributed by atoms with van der Waals surface area (Å²) in [6.07, 6.45) is 2.73. The average molecular weight is 230 g/mol. The lowest BCUT2D eigenvalue weighted by atomic mass is 10.1. The third kappa shape index (κ3) is 1.75. The Bertz CT molecular complexity index is 270. The molecule has 2 fully saturated rings. The minimum atomic E-state index is -0.484. The number of nitrogens with two attached hydrogens (primary N) is 1. The van der Waals surface area contributed by atoms with Crippen LogP contribution in [0.1, 0.15) is 19.3 Å². The molecular weight excluding hydrogens is 216 g/mol. The standard InChI is InChI=1S/C9H14N2OS2/c10-7(13)9(2-3-9)8(12)11-6-1-4-14-5-6/h6H,1-5H2,(H2,10,13)(H,11,12). The van der Waals surface area contributed by atoms with Gasteiger partial charge in [0.05, 0.1) is 10.4 Å². The Hall–Kier alpha value is -0.290. The van der Waals surface area contributed by atoms with E-state index in [0.717, 1.165) is 30.8 Å². The second kappa shape index (κ2) is 3.70. The van der Waals surface area contributed by atoms with Crippen LogP contribution >= 0.6 is 24.0 Å². The first-order chi connectivity index (χ1) is 6.65. The Morgan fingerprint density at radius 3 is 2.71 bits per heavy atom. The summed E-state index contributed by atoms with van der Waals surface area (Å²) < 4.78 is 0. The van der Waals surface area contributed by atoms with Crippen LogP contribution in [0.3, 0.4) is 0 Å². The number of rotatable bonds is 3. The molecule has 1 aliphatic heterocycles. The summed E-state index contributed by atoms with van der Waals surface area (Å²) in [5.41, 5.74) is 5.09. The smallest absolute Gasteiger partial charge is 0.233 e. The van der Waals surface area contributed by atoms with E-state index in [4.69, 9.17) is 18.0 Å². The van der Waals surface area contributed by atoms with Gasteiger partial charge in [-0.15, -0.1) is 0 Å². The SMILES string of the molecule is NC(=S)C1(C(=O)NC2CCSC2)CC1. The molecular formula is C9H14N2OS2. The number of thioether (sulfide) groups is 1. The number of nitrogens with one attached hydrogen (secondary N) is 1.